The van der Waals surface area contributed by atoms with Crippen molar-refractivity contribution >= 4 is 17.2 Å². The van der Waals surface area contributed by atoms with E-state index in [9.17, 15) is 9.00 Å². The fraction of sp³-hybridized carbons (Fsp3) is 0.667. The minimum atomic E-state index is -2.33. The van der Waals surface area contributed by atoms with Crippen molar-refractivity contribution in [1.82, 2.24) is 4.72 Å². The first-order valence-electron chi connectivity index (χ1n) is 4.85. The smallest absolute Gasteiger partial charge is 0.352 e. The normalized spacial score (nSPS) is 11.9. The molecule has 88 valence electrons. The van der Waals surface area contributed by atoms with E-state index in [0.29, 0.717) is 18.4 Å². The van der Waals surface area contributed by atoms with Gasteiger partial charge in [-0.05, 0) is 18.4 Å². The Hall–Kier alpha value is -0.880. The molecule has 0 amide bonds. The third-order valence-electron chi connectivity index (χ3n) is 1.86. The molecule has 0 saturated carbocycles. The first kappa shape index (κ1) is 14.1. The third-order valence-corrected chi connectivity index (χ3v) is 2.24. The van der Waals surface area contributed by atoms with Crippen molar-refractivity contribution in [3.63, 3.8) is 0 Å². The molecular weight excluding hydrogens is 218 g/mol. The summed E-state index contributed by atoms with van der Waals surface area (Å²) >= 11 is -2.33. The summed E-state index contributed by atoms with van der Waals surface area (Å²) in [6, 6.07) is 0. The third kappa shape index (κ3) is 5.54. The quantitative estimate of drug-likeness (QED) is 0.462. The molecule has 0 radical (unpaired) electrons. The van der Waals surface area contributed by atoms with Gasteiger partial charge in [0.2, 0.25) is 0 Å². The van der Waals surface area contributed by atoms with Crippen molar-refractivity contribution in [2.24, 2.45) is 0 Å². The molecule has 0 aromatic heterocycles. The molecule has 0 heterocycles. The molecule has 0 aliphatic heterocycles. The van der Waals surface area contributed by atoms with Gasteiger partial charge in [0.1, 0.15) is 5.70 Å². The lowest BCUT2D eigenvalue weighted by Gasteiger charge is -2.10. The van der Waals surface area contributed by atoms with E-state index in [2.05, 4.69) is 4.72 Å². The largest absolute Gasteiger partial charge is 0.477 e. The predicted octanol–water partition coefficient (Wildman–Crippen LogP) is 1.65. The molecule has 3 N–H and O–H groups in total. The summed E-state index contributed by atoms with van der Waals surface area (Å²) in [5, 5.41) is 8.88. The van der Waals surface area contributed by atoms with Gasteiger partial charge in [-0.3, -0.25) is 9.27 Å². The number of nitrogens with one attached hydrogen (secondary N) is 1. The summed E-state index contributed by atoms with van der Waals surface area (Å²) in [5.41, 5.74) is 0.550. The number of rotatable bonds is 7. The van der Waals surface area contributed by atoms with Crippen molar-refractivity contribution in [2.75, 3.05) is 0 Å². The van der Waals surface area contributed by atoms with Gasteiger partial charge < -0.3 is 5.11 Å². The van der Waals surface area contributed by atoms with Crippen LogP contribution in [0.1, 0.15) is 39.5 Å². The van der Waals surface area contributed by atoms with Crippen LogP contribution in [0.25, 0.3) is 0 Å². The SMILES string of the molecule is CCCC(CCC)=C(NS(=O)O)C(=O)O. The zero-order valence-corrected chi connectivity index (χ0v) is 9.76. The Morgan fingerprint density at radius 1 is 1.27 bits per heavy atom. The minimum Gasteiger partial charge on any atom is -0.477 e. The average molecular weight is 235 g/mol. The van der Waals surface area contributed by atoms with Gasteiger partial charge in [-0.2, -0.15) is 0 Å². The molecule has 15 heavy (non-hydrogen) atoms. The van der Waals surface area contributed by atoms with Crippen LogP contribution in [0.15, 0.2) is 11.3 Å². The lowest BCUT2D eigenvalue weighted by atomic mass is 10.0. The van der Waals surface area contributed by atoms with Gasteiger partial charge in [-0.15, -0.1) is 0 Å². The monoisotopic (exact) mass is 235 g/mol. The molecule has 0 aromatic rings. The van der Waals surface area contributed by atoms with Crippen molar-refractivity contribution in [1.29, 1.82) is 0 Å². The van der Waals surface area contributed by atoms with E-state index < -0.39 is 17.2 Å². The van der Waals surface area contributed by atoms with E-state index in [1.165, 1.54) is 0 Å². The number of carboxylic acid groups (broad SMARTS) is 1. The second-order valence-corrected chi connectivity index (χ2v) is 3.84. The molecule has 1 unspecified atom stereocenters. The number of hydrogen-bond donors (Lipinski definition) is 3. The number of allylic oxidation sites excluding steroid dienone is 1. The second kappa shape index (κ2) is 7.42. The molecular formula is C9H17NO4S. The summed E-state index contributed by atoms with van der Waals surface area (Å²) < 4.78 is 21.2. The van der Waals surface area contributed by atoms with Gasteiger partial charge in [-0.1, -0.05) is 26.7 Å². The van der Waals surface area contributed by atoms with E-state index in [0.717, 1.165) is 12.8 Å². The highest BCUT2D eigenvalue weighted by Gasteiger charge is 2.14. The highest BCUT2D eigenvalue weighted by atomic mass is 32.2. The molecule has 0 saturated heterocycles. The maximum atomic E-state index is 10.9. The number of carbonyl (C=O) groups is 1. The molecule has 5 nitrogen and oxygen atoms in total. The second-order valence-electron chi connectivity index (χ2n) is 3.13. The van der Waals surface area contributed by atoms with Crippen LogP contribution in [0.3, 0.4) is 0 Å². The van der Waals surface area contributed by atoms with Crippen LogP contribution < -0.4 is 4.72 Å². The van der Waals surface area contributed by atoms with E-state index in [1.54, 1.807) is 0 Å². The standard InChI is InChI=1S/C9H17NO4S/c1-3-5-7(6-4-2)8(9(11)12)10-15(13)14/h10H,3-6H2,1-2H3,(H,11,12)(H,13,14). The first-order valence-corrected chi connectivity index (χ1v) is 5.96. The molecule has 0 aromatic carbocycles. The summed E-state index contributed by atoms with van der Waals surface area (Å²) in [6.45, 7) is 3.87. The van der Waals surface area contributed by atoms with Gasteiger partial charge in [-0.25, -0.2) is 9.00 Å². The van der Waals surface area contributed by atoms with E-state index in [1.807, 2.05) is 13.8 Å². The number of hydrogen-bond acceptors (Lipinski definition) is 2. The summed E-state index contributed by atoms with van der Waals surface area (Å²) in [5.74, 6) is -1.19. The highest BCUT2D eigenvalue weighted by Crippen LogP contribution is 2.16. The molecule has 0 spiro atoms. The summed E-state index contributed by atoms with van der Waals surface area (Å²) in [6.07, 6.45) is 2.87. The van der Waals surface area contributed by atoms with Crippen LogP contribution in [-0.4, -0.2) is 19.8 Å². The maximum Gasteiger partial charge on any atom is 0.352 e. The maximum absolute atomic E-state index is 10.9. The minimum absolute atomic E-state index is 0.139. The molecule has 0 aliphatic rings. The lowest BCUT2D eigenvalue weighted by Crippen LogP contribution is -2.24. The lowest BCUT2D eigenvalue weighted by molar-refractivity contribution is -0.133. The van der Waals surface area contributed by atoms with Crippen LogP contribution in [-0.2, 0) is 16.1 Å². The zero-order chi connectivity index (χ0) is 11.8. The van der Waals surface area contributed by atoms with Crippen LogP contribution in [0.2, 0.25) is 0 Å². The first-order chi connectivity index (χ1) is 7.02. The van der Waals surface area contributed by atoms with Gasteiger partial charge in [0.05, 0.1) is 0 Å². The fourth-order valence-corrected chi connectivity index (χ4v) is 1.74. The van der Waals surface area contributed by atoms with E-state index in [4.69, 9.17) is 9.66 Å². The summed E-state index contributed by atoms with van der Waals surface area (Å²) in [4.78, 5) is 10.9. The summed E-state index contributed by atoms with van der Waals surface area (Å²) in [7, 11) is 0. The number of carboxylic acids is 1. The fourth-order valence-electron chi connectivity index (χ4n) is 1.33. The van der Waals surface area contributed by atoms with E-state index in [-0.39, 0.29) is 5.70 Å². The average Bonchev–Trinajstić information content (AvgIpc) is 2.13. The van der Waals surface area contributed by atoms with E-state index >= 15 is 0 Å². The number of aliphatic carboxylic acids is 1. The molecule has 0 bridgehead atoms. The molecule has 6 heteroatoms. The highest BCUT2D eigenvalue weighted by molar-refractivity contribution is 7.77. The molecule has 0 fully saturated rings. The van der Waals surface area contributed by atoms with Gasteiger partial charge >= 0.3 is 5.97 Å². The van der Waals surface area contributed by atoms with Crippen molar-refractivity contribution < 1.29 is 18.7 Å². The molecule has 1 atom stereocenters. The van der Waals surface area contributed by atoms with Crippen LogP contribution in [0, 0.1) is 0 Å². The van der Waals surface area contributed by atoms with Crippen LogP contribution >= 0.6 is 0 Å². The zero-order valence-electron chi connectivity index (χ0n) is 8.95. The Labute approximate surface area is 92.0 Å². The Bertz CT molecular complexity index is 267. The van der Waals surface area contributed by atoms with Crippen LogP contribution in [0.5, 0.6) is 0 Å². The van der Waals surface area contributed by atoms with Crippen molar-refractivity contribution in [3.05, 3.63) is 11.3 Å². The van der Waals surface area contributed by atoms with Crippen molar-refractivity contribution in [3.8, 4) is 0 Å². The Morgan fingerprint density at radius 3 is 2.00 bits per heavy atom. The Balaban J connectivity index is 4.94. The van der Waals surface area contributed by atoms with Crippen LogP contribution in [0.4, 0.5) is 0 Å². The Kier molecular flexibility index (Phi) is 6.98. The topological polar surface area (TPSA) is 86.6 Å². The Morgan fingerprint density at radius 2 is 1.73 bits per heavy atom. The van der Waals surface area contributed by atoms with Gasteiger partial charge in [0.25, 0.3) is 11.3 Å². The van der Waals surface area contributed by atoms with Gasteiger partial charge in [0.15, 0.2) is 0 Å². The predicted molar refractivity (Wildman–Crippen MR) is 58.4 cm³/mol. The molecule has 0 aliphatic carbocycles. The van der Waals surface area contributed by atoms with Gasteiger partial charge in [0, 0.05) is 0 Å². The molecule has 0 rings (SSSR count). The van der Waals surface area contributed by atoms with Crippen molar-refractivity contribution in [2.45, 2.75) is 39.5 Å².